The highest BCUT2D eigenvalue weighted by molar-refractivity contribution is 5.73. The van der Waals surface area contributed by atoms with Crippen LogP contribution in [0.3, 0.4) is 0 Å². The van der Waals surface area contributed by atoms with Crippen LogP contribution in [-0.4, -0.2) is 26.9 Å². The molecule has 0 fully saturated rings. The van der Waals surface area contributed by atoms with Crippen LogP contribution in [0, 0.1) is 17.0 Å². The van der Waals surface area contributed by atoms with Gasteiger partial charge in [-0.15, -0.1) is 0 Å². The number of hydrogen-bond acceptors (Lipinski definition) is 7. The quantitative estimate of drug-likeness (QED) is 0.537. The lowest BCUT2D eigenvalue weighted by molar-refractivity contribution is -0.383. The van der Waals surface area contributed by atoms with Gasteiger partial charge in [-0.25, -0.2) is 15.0 Å². The highest BCUT2D eigenvalue weighted by atomic mass is 16.6. The average Bonchev–Trinajstić information content (AvgIpc) is 2.62. The maximum atomic E-state index is 11.7. The summed E-state index contributed by atoms with van der Waals surface area (Å²) >= 11 is 0. The monoisotopic (exact) mass is 350 g/mol. The summed E-state index contributed by atoms with van der Waals surface area (Å²) in [5, 5.41) is 14.6. The standard InChI is InChI=1S/C18H18N6O2/c1-13-8-9-19-15(10-13)22-17-16(24(25)26)18(21-12-20-17)23(2)11-14-6-4-3-5-7-14/h3-10,12H,11H2,1-2H3,(H,19,20,21,22). The fourth-order valence-corrected chi connectivity index (χ4v) is 2.57. The van der Waals surface area contributed by atoms with Crippen LogP contribution in [0.25, 0.3) is 0 Å². The Kier molecular flexibility index (Phi) is 5.02. The number of rotatable bonds is 6. The number of nitrogens with one attached hydrogen (secondary N) is 1. The predicted octanol–water partition coefficient (Wildman–Crippen LogP) is 3.47. The summed E-state index contributed by atoms with van der Waals surface area (Å²) in [6.07, 6.45) is 2.94. The number of pyridine rings is 1. The van der Waals surface area contributed by atoms with E-state index in [2.05, 4.69) is 20.3 Å². The van der Waals surface area contributed by atoms with Gasteiger partial charge in [0.2, 0.25) is 11.6 Å². The number of anilines is 3. The van der Waals surface area contributed by atoms with Gasteiger partial charge < -0.3 is 10.2 Å². The lowest BCUT2D eigenvalue weighted by Crippen LogP contribution is -2.20. The number of aryl methyl sites for hydroxylation is 1. The zero-order chi connectivity index (χ0) is 18.5. The summed E-state index contributed by atoms with van der Waals surface area (Å²) in [6, 6.07) is 13.3. The van der Waals surface area contributed by atoms with E-state index >= 15 is 0 Å². The highest BCUT2D eigenvalue weighted by Gasteiger charge is 2.26. The SMILES string of the molecule is Cc1ccnc(Nc2ncnc(N(C)Cc3ccccc3)c2[N+](=O)[O-])c1. The normalized spacial score (nSPS) is 10.4. The van der Waals surface area contributed by atoms with Gasteiger partial charge in [-0.1, -0.05) is 30.3 Å². The molecular weight excluding hydrogens is 332 g/mol. The molecule has 2 heterocycles. The highest BCUT2D eigenvalue weighted by Crippen LogP contribution is 2.33. The molecule has 0 spiro atoms. The first kappa shape index (κ1) is 17.3. The second-order valence-corrected chi connectivity index (χ2v) is 5.84. The third-order valence-electron chi connectivity index (χ3n) is 3.77. The van der Waals surface area contributed by atoms with Gasteiger partial charge in [-0.3, -0.25) is 10.1 Å². The summed E-state index contributed by atoms with van der Waals surface area (Å²) in [5.41, 5.74) is 1.83. The van der Waals surface area contributed by atoms with E-state index in [1.807, 2.05) is 43.3 Å². The van der Waals surface area contributed by atoms with Crippen molar-refractivity contribution in [2.45, 2.75) is 13.5 Å². The molecule has 1 aromatic carbocycles. The molecule has 0 aliphatic rings. The van der Waals surface area contributed by atoms with E-state index in [1.54, 1.807) is 24.2 Å². The summed E-state index contributed by atoms with van der Waals surface area (Å²) in [4.78, 5) is 25.3. The summed E-state index contributed by atoms with van der Waals surface area (Å²) in [7, 11) is 1.76. The molecule has 0 aliphatic carbocycles. The molecule has 0 radical (unpaired) electrons. The molecule has 26 heavy (non-hydrogen) atoms. The zero-order valence-electron chi connectivity index (χ0n) is 14.5. The summed E-state index contributed by atoms with van der Waals surface area (Å²) in [5.74, 6) is 0.838. The molecule has 3 aromatic rings. The van der Waals surface area contributed by atoms with Crippen LogP contribution in [0.2, 0.25) is 0 Å². The second kappa shape index (κ2) is 7.56. The molecule has 8 nitrogen and oxygen atoms in total. The largest absolute Gasteiger partial charge is 0.353 e. The van der Waals surface area contributed by atoms with Crippen LogP contribution in [0.15, 0.2) is 55.0 Å². The van der Waals surface area contributed by atoms with Gasteiger partial charge >= 0.3 is 5.69 Å². The molecule has 0 amide bonds. The Morgan fingerprint density at radius 2 is 1.92 bits per heavy atom. The van der Waals surface area contributed by atoms with E-state index in [1.165, 1.54) is 6.33 Å². The Bertz CT molecular complexity index is 917. The molecule has 0 bridgehead atoms. The van der Waals surface area contributed by atoms with Gasteiger partial charge in [0.15, 0.2) is 0 Å². The Labute approximate surface area is 150 Å². The maximum absolute atomic E-state index is 11.7. The van der Waals surface area contributed by atoms with Gasteiger partial charge in [0.25, 0.3) is 0 Å². The van der Waals surface area contributed by atoms with Crippen molar-refractivity contribution in [2.24, 2.45) is 0 Å². The zero-order valence-corrected chi connectivity index (χ0v) is 14.5. The van der Waals surface area contributed by atoms with Gasteiger partial charge in [-0.05, 0) is 30.2 Å². The van der Waals surface area contributed by atoms with Crippen molar-refractivity contribution in [1.29, 1.82) is 0 Å². The van der Waals surface area contributed by atoms with E-state index in [9.17, 15) is 10.1 Å². The van der Waals surface area contributed by atoms with Crippen molar-refractivity contribution in [1.82, 2.24) is 15.0 Å². The Hall–Kier alpha value is -3.55. The summed E-state index contributed by atoms with van der Waals surface area (Å²) in [6.45, 7) is 2.40. The van der Waals surface area contributed by atoms with Crippen molar-refractivity contribution in [3.8, 4) is 0 Å². The fourth-order valence-electron chi connectivity index (χ4n) is 2.57. The number of nitrogens with zero attached hydrogens (tertiary/aromatic N) is 5. The Morgan fingerprint density at radius 3 is 2.62 bits per heavy atom. The van der Waals surface area contributed by atoms with Gasteiger partial charge in [-0.2, -0.15) is 0 Å². The van der Waals surface area contributed by atoms with E-state index in [0.717, 1.165) is 11.1 Å². The van der Waals surface area contributed by atoms with Crippen molar-refractivity contribution in [2.75, 3.05) is 17.3 Å². The van der Waals surface area contributed by atoms with E-state index in [0.29, 0.717) is 12.4 Å². The van der Waals surface area contributed by atoms with Crippen molar-refractivity contribution in [3.05, 3.63) is 76.2 Å². The lowest BCUT2D eigenvalue weighted by Gasteiger charge is -2.18. The third kappa shape index (κ3) is 3.92. The predicted molar refractivity (Wildman–Crippen MR) is 99.5 cm³/mol. The first-order valence-electron chi connectivity index (χ1n) is 7.98. The topological polar surface area (TPSA) is 97.1 Å². The van der Waals surface area contributed by atoms with Crippen molar-refractivity contribution < 1.29 is 4.92 Å². The molecule has 1 N–H and O–H groups in total. The third-order valence-corrected chi connectivity index (χ3v) is 3.77. The Balaban J connectivity index is 1.94. The van der Waals surface area contributed by atoms with E-state index < -0.39 is 4.92 Å². The molecule has 0 atom stereocenters. The first-order valence-corrected chi connectivity index (χ1v) is 7.98. The molecular formula is C18H18N6O2. The molecule has 0 aliphatic heterocycles. The molecule has 3 rings (SSSR count). The number of benzene rings is 1. The second-order valence-electron chi connectivity index (χ2n) is 5.84. The van der Waals surface area contributed by atoms with Crippen molar-refractivity contribution >= 4 is 23.1 Å². The molecule has 132 valence electrons. The van der Waals surface area contributed by atoms with E-state index in [4.69, 9.17) is 0 Å². The minimum atomic E-state index is -0.477. The lowest BCUT2D eigenvalue weighted by atomic mass is 10.2. The van der Waals surface area contributed by atoms with Gasteiger partial charge in [0, 0.05) is 19.8 Å². The molecule has 0 unspecified atom stereocenters. The van der Waals surface area contributed by atoms with Crippen LogP contribution < -0.4 is 10.2 Å². The van der Waals surface area contributed by atoms with Crippen LogP contribution in [0.5, 0.6) is 0 Å². The molecule has 0 saturated heterocycles. The molecule has 2 aromatic heterocycles. The van der Waals surface area contributed by atoms with Gasteiger partial charge in [0.05, 0.1) is 4.92 Å². The van der Waals surface area contributed by atoms with Crippen LogP contribution in [-0.2, 0) is 6.54 Å². The minimum absolute atomic E-state index is 0.109. The number of aromatic nitrogens is 3. The van der Waals surface area contributed by atoms with Crippen molar-refractivity contribution in [3.63, 3.8) is 0 Å². The average molecular weight is 350 g/mol. The minimum Gasteiger partial charge on any atom is -0.349 e. The smallest absolute Gasteiger partial charge is 0.349 e. The van der Waals surface area contributed by atoms with Crippen LogP contribution in [0.4, 0.5) is 23.1 Å². The maximum Gasteiger partial charge on any atom is 0.353 e. The number of hydrogen-bond donors (Lipinski definition) is 1. The van der Waals surface area contributed by atoms with Gasteiger partial charge in [0.1, 0.15) is 12.1 Å². The molecule has 8 heteroatoms. The summed E-state index contributed by atoms with van der Waals surface area (Å²) < 4.78 is 0. The van der Waals surface area contributed by atoms with Crippen LogP contribution in [0.1, 0.15) is 11.1 Å². The first-order chi connectivity index (χ1) is 12.5. The Morgan fingerprint density at radius 1 is 1.15 bits per heavy atom. The number of nitro groups is 1. The van der Waals surface area contributed by atoms with Crippen LogP contribution >= 0.6 is 0 Å². The molecule has 0 saturated carbocycles. The fraction of sp³-hybridized carbons (Fsp3) is 0.167. The van der Waals surface area contributed by atoms with E-state index in [-0.39, 0.29) is 17.3 Å².